The van der Waals surface area contributed by atoms with E-state index in [1.165, 1.54) is 18.4 Å². The predicted molar refractivity (Wildman–Crippen MR) is 108 cm³/mol. The van der Waals surface area contributed by atoms with Gasteiger partial charge in [0.15, 0.2) is 5.16 Å². The Labute approximate surface area is 167 Å². The Morgan fingerprint density at radius 2 is 1.93 bits per heavy atom. The van der Waals surface area contributed by atoms with E-state index < -0.39 is 11.3 Å². The van der Waals surface area contributed by atoms with Gasteiger partial charge in [0.2, 0.25) is 5.91 Å². The van der Waals surface area contributed by atoms with Gasteiger partial charge in [-0.25, -0.2) is 4.98 Å². The van der Waals surface area contributed by atoms with Crippen molar-refractivity contribution in [1.82, 2.24) is 9.97 Å². The maximum atomic E-state index is 12.4. The molecule has 2 aromatic rings. The van der Waals surface area contributed by atoms with Gasteiger partial charge >= 0.3 is 0 Å². The Hall–Kier alpha value is -2.22. The number of rotatable bonds is 10. The second kappa shape index (κ2) is 10.9. The number of halogens is 2. The number of amides is 1. The zero-order valence-electron chi connectivity index (χ0n) is 16.1. The van der Waals surface area contributed by atoms with E-state index >= 15 is 0 Å². The third-order valence-corrected chi connectivity index (χ3v) is 4.90. The van der Waals surface area contributed by atoms with Crippen molar-refractivity contribution < 1.29 is 13.6 Å². The molecule has 0 aliphatic heterocycles. The van der Waals surface area contributed by atoms with Crippen molar-refractivity contribution >= 4 is 23.4 Å². The van der Waals surface area contributed by atoms with Crippen molar-refractivity contribution in [3.8, 4) is 0 Å². The molecular weight excluding hydrogens is 384 g/mol. The van der Waals surface area contributed by atoms with E-state index in [-0.39, 0.29) is 35.7 Å². The van der Waals surface area contributed by atoms with Gasteiger partial charge < -0.3 is 10.3 Å². The molecule has 0 radical (unpaired) electrons. The van der Waals surface area contributed by atoms with E-state index in [1.807, 2.05) is 24.3 Å². The van der Waals surface area contributed by atoms with Crippen LogP contribution in [0.3, 0.4) is 0 Å². The standard InChI is InChI=1S/C20H25F2N3O2S/c1-3-4-5-6-14-7-9-15(10-8-14)24-17(26)12-11-16-13(2)23-20(25-18(16)27)28-19(21)22/h7-10,19H,3-6,11-12H2,1-2H3,(H,24,26)(H,23,25,27). The van der Waals surface area contributed by atoms with Crippen molar-refractivity contribution in [1.29, 1.82) is 0 Å². The number of carbonyl (C=O) groups excluding carboxylic acids is 1. The van der Waals surface area contributed by atoms with Crippen molar-refractivity contribution in [2.75, 3.05) is 5.32 Å². The highest BCUT2D eigenvalue weighted by Gasteiger charge is 2.14. The fraction of sp³-hybridized carbons (Fsp3) is 0.450. The summed E-state index contributed by atoms with van der Waals surface area (Å²) in [5.74, 6) is -2.87. The number of aromatic amines is 1. The number of aryl methyl sites for hydroxylation is 2. The van der Waals surface area contributed by atoms with Gasteiger partial charge in [-0.3, -0.25) is 9.59 Å². The summed E-state index contributed by atoms with van der Waals surface area (Å²) in [4.78, 5) is 30.5. The van der Waals surface area contributed by atoms with E-state index in [4.69, 9.17) is 0 Å². The summed E-state index contributed by atoms with van der Waals surface area (Å²) in [5.41, 5.74) is 2.15. The SMILES string of the molecule is CCCCCc1ccc(NC(=O)CCc2c(C)nc(SC(F)F)[nH]c2=O)cc1. The third-order valence-electron chi connectivity index (χ3n) is 4.31. The zero-order chi connectivity index (χ0) is 20.5. The summed E-state index contributed by atoms with van der Waals surface area (Å²) in [6.07, 6.45) is 4.85. The second-order valence-electron chi connectivity index (χ2n) is 6.52. The number of hydrogen-bond acceptors (Lipinski definition) is 4. The molecule has 1 heterocycles. The highest BCUT2D eigenvalue weighted by Crippen LogP contribution is 2.21. The number of thioether (sulfide) groups is 1. The number of aromatic nitrogens is 2. The van der Waals surface area contributed by atoms with Crippen LogP contribution in [0.4, 0.5) is 14.5 Å². The highest BCUT2D eigenvalue weighted by molar-refractivity contribution is 7.99. The van der Waals surface area contributed by atoms with Gasteiger partial charge in [-0.05, 0) is 55.6 Å². The van der Waals surface area contributed by atoms with E-state index in [0.717, 1.165) is 12.8 Å². The molecule has 2 N–H and O–H groups in total. The largest absolute Gasteiger partial charge is 0.326 e. The summed E-state index contributed by atoms with van der Waals surface area (Å²) in [7, 11) is 0. The fourth-order valence-corrected chi connectivity index (χ4v) is 3.33. The number of H-pyrrole nitrogens is 1. The first-order valence-corrected chi connectivity index (χ1v) is 10.2. The van der Waals surface area contributed by atoms with Gasteiger partial charge in [0, 0.05) is 23.4 Å². The molecule has 1 aromatic carbocycles. The Balaban J connectivity index is 1.89. The molecule has 0 saturated heterocycles. The first-order chi connectivity index (χ1) is 13.4. The second-order valence-corrected chi connectivity index (χ2v) is 7.49. The molecule has 152 valence electrons. The summed E-state index contributed by atoms with van der Waals surface area (Å²) in [6, 6.07) is 7.75. The van der Waals surface area contributed by atoms with Crippen LogP contribution >= 0.6 is 11.8 Å². The average Bonchev–Trinajstić information content (AvgIpc) is 2.62. The lowest BCUT2D eigenvalue weighted by Gasteiger charge is -2.08. The molecule has 0 fully saturated rings. The van der Waals surface area contributed by atoms with Gasteiger partial charge in [-0.2, -0.15) is 8.78 Å². The summed E-state index contributed by atoms with van der Waals surface area (Å²) in [6.45, 7) is 3.75. The van der Waals surface area contributed by atoms with Gasteiger partial charge in [-0.15, -0.1) is 0 Å². The minimum absolute atomic E-state index is 0.102. The van der Waals surface area contributed by atoms with Crippen LogP contribution in [-0.2, 0) is 17.6 Å². The number of benzene rings is 1. The first kappa shape index (κ1) is 22.1. The lowest BCUT2D eigenvalue weighted by molar-refractivity contribution is -0.116. The third kappa shape index (κ3) is 7.07. The molecule has 8 heteroatoms. The molecule has 28 heavy (non-hydrogen) atoms. The minimum atomic E-state index is -2.66. The van der Waals surface area contributed by atoms with E-state index in [9.17, 15) is 18.4 Å². The van der Waals surface area contributed by atoms with Gasteiger partial charge in [0.25, 0.3) is 11.3 Å². The first-order valence-electron chi connectivity index (χ1n) is 9.32. The minimum Gasteiger partial charge on any atom is -0.326 e. The van der Waals surface area contributed by atoms with Gasteiger partial charge in [-0.1, -0.05) is 31.9 Å². The Morgan fingerprint density at radius 3 is 2.54 bits per heavy atom. The topological polar surface area (TPSA) is 74.8 Å². The van der Waals surface area contributed by atoms with Crippen LogP contribution in [0.25, 0.3) is 0 Å². The van der Waals surface area contributed by atoms with Gasteiger partial charge in [0.1, 0.15) is 0 Å². The molecule has 0 aliphatic carbocycles. The number of unbranched alkanes of at least 4 members (excludes halogenated alkanes) is 2. The number of carbonyl (C=O) groups is 1. The number of anilines is 1. The number of nitrogens with zero attached hydrogens (tertiary/aromatic N) is 1. The summed E-state index contributed by atoms with van der Waals surface area (Å²) >= 11 is 0.189. The van der Waals surface area contributed by atoms with Crippen molar-refractivity contribution in [2.24, 2.45) is 0 Å². The molecule has 0 unspecified atom stereocenters. The van der Waals surface area contributed by atoms with Crippen molar-refractivity contribution in [3.63, 3.8) is 0 Å². The van der Waals surface area contributed by atoms with Crippen LogP contribution in [0, 0.1) is 6.92 Å². The Morgan fingerprint density at radius 1 is 1.21 bits per heavy atom. The van der Waals surface area contributed by atoms with E-state index in [2.05, 4.69) is 22.2 Å². The lowest BCUT2D eigenvalue weighted by atomic mass is 10.1. The number of hydrogen-bond donors (Lipinski definition) is 2. The monoisotopic (exact) mass is 409 g/mol. The van der Waals surface area contributed by atoms with Crippen LogP contribution in [-0.4, -0.2) is 21.6 Å². The zero-order valence-corrected chi connectivity index (χ0v) is 16.9. The van der Waals surface area contributed by atoms with Crippen molar-refractivity contribution in [3.05, 3.63) is 51.4 Å². The highest BCUT2D eigenvalue weighted by atomic mass is 32.2. The lowest BCUT2D eigenvalue weighted by Crippen LogP contribution is -2.20. The molecule has 0 aliphatic rings. The fourth-order valence-electron chi connectivity index (χ4n) is 2.82. The Kier molecular flexibility index (Phi) is 8.63. The van der Waals surface area contributed by atoms with Crippen molar-refractivity contribution in [2.45, 2.75) is 63.3 Å². The maximum Gasteiger partial charge on any atom is 0.291 e. The number of nitrogens with one attached hydrogen (secondary N) is 2. The van der Waals surface area contributed by atoms with Crippen LogP contribution in [0.5, 0.6) is 0 Å². The van der Waals surface area contributed by atoms with E-state index in [1.54, 1.807) is 6.92 Å². The maximum absolute atomic E-state index is 12.4. The van der Waals surface area contributed by atoms with Gasteiger partial charge in [0.05, 0.1) is 0 Å². The smallest absolute Gasteiger partial charge is 0.291 e. The van der Waals surface area contributed by atoms with Crippen LogP contribution < -0.4 is 10.9 Å². The molecule has 0 saturated carbocycles. The quantitative estimate of drug-likeness (QED) is 0.339. The molecule has 0 atom stereocenters. The summed E-state index contributed by atoms with van der Waals surface area (Å²) in [5, 5.41) is 2.69. The summed E-state index contributed by atoms with van der Waals surface area (Å²) < 4.78 is 24.8. The molecule has 0 bridgehead atoms. The van der Waals surface area contributed by atoms with E-state index in [0.29, 0.717) is 16.9 Å². The number of alkyl halides is 2. The predicted octanol–water partition coefficient (Wildman–Crippen LogP) is 4.70. The van der Waals surface area contributed by atoms with Crippen LogP contribution in [0.2, 0.25) is 0 Å². The van der Waals surface area contributed by atoms with Crippen LogP contribution in [0.15, 0.2) is 34.2 Å². The normalized spacial score (nSPS) is 11.0. The Bertz CT molecular complexity index is 838. The molecule has 1 amide bonds. The molecular formula is C20H25F2N3O2S. The molecule has 2 rings (SSSR count). The average molecular weight is 410 g/mol. The molecule has 5 nitrogen and oxygen atoms in total. The molecule has 0 spiro atoms. The van der Waals surface area contributed by atoms with Crippen LogP contribution in [0.1, 0.15) is 49.4 Å². The molecule has 1 aromatic heterocycles.